The average Bonchev–Trinajstić information content (AvgIpc) is 2.96. The van der Waals surface area contributed by atoms with Crippen molar-refractivity contribution in [1.82, 2.24) is 0 Å². The van der Waals surface area contributed by atoms with E-state index in [0.717, 1.165) is 22.7 Å². The summed E-state index contributed by atoms with van der Waals surface area (Å²) in [5.74, 6) is 0. The third-order valence-electron chi connectivity index (χ3n) is 8.46. The predicted octanol–water partition coefficient (Wildman–Crippen LogP) is 12.0. The second-order valence-electron chi connectivity index (χ2n) is 15.1. The molecule has 44 heavy (non-hydrogen) atoms. The highest BCUT2D eigenvalue weighted by Gasteiger charge is 2.25. The van der Waals surface area contributed by atoms with E-state index < -0.39 is 0 Å². The van der Waals surface area contributed by atoms with Crippen molar-refractivity contribution >= 4 is 22.7 Å². The van der Waals surface area contributed by atoms with E-state index in [1.807, 2.05) is 12.1 Å². The van der Waals surface area contributed by atoms with Crippen LogP contribution in [0, 0.1) is 0 Å². The van der Waals surface area contributed by atoms with E-state index in [4.69, 9.17) is 5.73 Å². The Balaban J connectivity index is 1.87. The summed E-state index contributed by atoms with van der Waals surface area (Å²) in [6.45, 7) is 20.4. The van der Waals surface area contributed by atoms with Gasteiger partial charge in [-0.3, -0.25) is 0 Å². The lowest BCUT2D eigenvalue weighted by Gasteiger charge is -2.32. The van der Waals surface area contributed by atoms with Crippen LogP contribution in [-0.4, -0.2) is 0 Å². The van der Waals surface area contributed by atoms with Crippen molar-refractivity contribution in [2.75, 3.05) is 10.6 Å². The summed E-state index contributed by atoms with van der Waals surface area (Å²) in [6.07, 6.45) is 0. The van der Waals surface area contributed by atoms with Gasteiger partial charge in [-0.2, -0.15) is 0 Å². The number of hydrogen-bond donors (Lipinski definition) is 1. The Morgan fingerprint density at radius 1 is 0.432 bits per heavy atom. The molecule has 5 rings (SSSR count). The minimum absolute atomic E-state index is 0.0329. The molecule has 0 heterocycles. The summed E-state index contributed by atoms with van der Waals surface area (Å²) >= 11 is 0. The fraction of sp³-hybridized carbons (Fsp3) is 0.286. The first-order valence-corrected chi connectivity index (χ1v) is 15.7. The molecular weight excluding hydrogens is 532 g/mol. The van der Waals surface area contributed by atoms with Crippen LogP contribution >= 0.6 is 0 Å². The topological polar surface area (TPSA) is 29.3 Å². The van der Waals surface area contributed by atoms with E-state index in [1.165, 1.54) is 38.9 Å². The molecule has 2 heteroatoms. The lowest BCUT2D eigenvalue weighted by Crippen LogP contribution is -2.15. The molecule has 0 spiro atoms. The first-order chi connectivity index (χ1) is 20.6. The first kappa shape index (κ1) is 31.1. The Morgan fingerprint density at radius 2 is 0.886 bits per heavy atom. The molecule has 0 atom stereocenters. The van der Waals surface area contributed by atoms with Crippen LogP contribution in [0.3, 0.4) is 0 Å². The van der Waals surface area contributed by atoms with E-state index >= 15 is 0 Å². The molecule has 226 valence electrons. The van der Waals surface area contributed by atoms with Crippen LogP contribution in [0.25, 0.3) is 22.3 Å². The van der Waals surface area contributed by atoms with Crippen LogP contribution in [0.5, 0.6) is 0 Å². The molecule has 0 aliphatic heterocycles. The number of anilines is 4. The molecule has 0 saturated heterocycles. The number of nitrogens with zero attached hydrogens (tertiary/aromatic N) is 1. The van der Waals surface area contributed by atoms with Gasteiger partial charge >= 0.3 is 0 Å². The smallest absolute Gasteiger partial charge is 0.0618 e. The van der Waals surface area contributed by atoms with Crippen LogP contribution in [0.15, 0.2) is 115 Å². The minimum Gasteiger partial charge on any atom is -0.399 e. The maximum atomic E-state index is 6.44. The lowest BCUT2D eigenvalue weighted by molar-refractivity contribution is 0.590. The number of rotatable bonds is 5. The van der Waals surface area contributed by atoms with E-state index in [2.05, 4.69) is 170 Å². The standard InChI is InChI=1S/C42H48N2/c1-40(2,3)31-22-24-35(25-23-31)44(36-19-12-18-34(43)28-36)39-37(29-14-10-16-32(26-29)41(4,5)6)20-13-21-38(39)30-15-11-17-33(27-30)42(7,8)9/h10-28H,43H2,1-9H3. The van der Waals surface area contributed by atoms with E-state index in [1.54, 1.807) is 0 Å². The monoisotopic (exact) mass is 580 g/mol. The third-order valence-corrected chi connectivity index (χ3v) is 8.46. The Morgan fingerprint density at radius 3 is 1.34 bits per heavy atom. The number of hydrogen-bond acceptors (Lipinski definition) is 2. The van der Waals surface area contributed by atoms with Gasteiger partial charge in [0.25, 0.3) is 0 Å². The zero-order valence-corrected chi connectivity index (χ0v) is 28.0. The third kappa shape index (κ3) is 6.60. The molecular formula is C42H48N2. The van der Waals surface area contributed by atoms with Crippen molar-refractivity contribution in [3.63, 3.8) is 0 Å². The molecule has 2 nitrogen and oxygen atoms in total. The Bertz CT molecular complexity index is 1680. The van der Waals surface area contributed by atoms with Crippen molar-refractivity contribution in [2.24, 2.45) is 0 Å². The Kier molecular flexibility index (Phi) is 8.25. The van der Waals surface area contributed by atoms with Crippen molar-refractivity contribution < 1.29 is 0 Å². The second kappa shape index (κ2) is 11.7. The first-order valence-electron chi connectivity index (χ1n) is 15.7. The van der Waals surface area contributed by atoms with E-state index in [9.17, 15) is 0 Å². The van der Waals surface area contributed by atoms with Crippen molar-refractivity contribution in [2.45, 2.75) is 78.6 Å². The minimum atomic E-state index is 0.0329. The van der Waals surface area contributed by atoms with Crippen molar-refractivity contribution in [3.05, 3.63) is 132 Å². The normalized spacial score (nSPS) is 12.3. The molecule has 0 amide bonds. The summed E-state index contributed by atoms with van der Waals surface area (Å²) in [6, 6.07) is 42.0. The van der Waals surface area contributed by atoms with Crippen LogP contribution < -0.4 is 10.6 Å². The summed E-state index contributed by atoms with van der Waals surface area (Å²) in [4.78, 5) is 2.39. The van der Waals surface area contributed by atoms with Crippen molar-refractivity contribution in [3.8, 4) is 22.3 Å². The number of para-hydroxylation sites is 1. The van der Waals surface area contributed by atoms with Gasteiger partial charge < -0.3 is 10.6 Å². The molecule has 5 aromatic rings. The zero-order chi connectivity index (χ0) is 31.9. The summed E-state index contributed by atoms with van der Waals surface area (Å²) in [7, 11) is 0. The molecule has 2 N–H and O–H groups in total. The predicted molar refractivity (Wildman–Crippen MR) is 193 cm³/mol. The fourth-order valence-electron chi connectivity index (χ4n) is 5.74. The molecule has 0 radical (unpaired) electrons. The van der Waals surface area contributed by atoms with Gasteiger partial charge in [-0.25, -0.2) is 0 Å². The summed E-state index contributed by atoms with van der Waals surface area (Å²) in [5.41, 5.74) is 19.2. The SMILES string of the molecule is CC(C)(C)c1ccc(N(c2cccc(N)c2)c2c(-c3cccc(C(C)(C)C)c3)cccc2-c2cccc(C(C)(C)C)c2)cc1. The maximum absolute atomic E-state index is 6.44. The molecule has 5 aromatic carbocycles. The van der Waals surface area contributed by atoms with E-state index in [-0.39, 0.29) is 16.2 Å². The fourth-order valence-corrected chi connectivity index (χ4v) is 5.74. The average molecular weight is 581 g/mol. The molecule has 0 saturated carbocycles. The van der Waals surface area contributed by atoms with Gasteiger partial charge in [0, 0.05) is 28.2 Å². The lowest BCUT2D eigenvalue weighted by atomic mass is 9.83. The molecule has 0 aliphatic rings. The van der Waals surface area contributed by atoms with Crippen LogP contribution in [0.1, 0.15) is 79.0 Å². The maximum Gasteiger partial charge on any atom is 0.0618 e. The number of nitrogens with two attached hydrogens (primary N) is 1. The summed E-state index contributed by atoms with van der Waals surface area (Å²) in [5, 5.41) is 0. The molecule has 0 aromatic heterocycles. The quantitative estimate of drug-likeness (QED) is 0.210. The highest BCUT2D eigenvalue weighted by molar-refractivity contribution is 5.98. The van der Waals surface area contributed by atoms with Gasteiger partial charge in [0.1, 0.15) is 0 Å². The van der Waals surface area contributed by atoms with Crippen molar-refractivity contribution in [1.29, 1.82) is 0 Å². The van der Waals surface area contributed by atoms with Gasteiger partial charge in [-0.15, -0.1) is 0 Å². The van der Waals surface area contributed by atoms with Crippen LogP contribution in [-0.2, 0) is 16.2 Å². The molecule has 0 aliphatic carbocycles. The van der Waals surface area contributed by atoms with Gasteiger partial charge in [0.2, 0.25) is 0 Å². The van der Waals surface area contributed by atoms with Crippen LogP contribution in [0.2, 0.25) is 0 Å². The Labute approximate surface area is 265 Å². The highest BCUT2D eigenvalue weighted by Crippen LogP contribution is 2.48. The Hall–Kier alpha value is -4.30. The van der Waals surface area contributed by atoms with Gasteiger partial charge in [-0.05, 0) is 74.4 Å². The largest absolute Gasteiger partial charge is 0.399 e. The molecule has 0 unspecified atom stereocenters. The van der Waals surface area contributed by atoms with Gasteiger partial charge in [0.15, 0.2) is 0 Å². The zero-order valence-electron chi connectivity index (χ0n) is 28.0. The van der Waals surface area contributed by atoms with Gasteiger partial charge in [0.05, 0.1) is 5.69 Å². The second-order valence-corrected chi connectivity index (χ2v) is 15.1. The highest BCUT2D eigenvalue weighted by atomic mass is 15.1. The molecule has 0 bridgehead atoms. The molecule has 0 fully saturated rings. The van der Waals surface area contributed by atoms with Crippen LogP contribution in [0.4, 0.5) is 22.7 Å². The summed E-state index contributed by atoms with van der Waals surface area (Å²) < 4.78 is 0. The van der Waals surface area contributed by atoms with Gasteiger partial charge in [-0.1, -0.05) is 147 Å². The number of nitrogen functional groups attached to an aromatic ring is 1. The van der Waals surface area contributed by atoms with E-state index in [0.29, 0.717) is 0 Å². The number of benzene rings is 5.